The van der Waals surface area contributed by atoms with Crippen LogP contribution in [0, 0.1) is 21.4 Å². The number of nitro groups is 1. The molecule has 2 aromatic heterocycles. The minimum Gasteiger partial charge on any atom is -0.444 e. The van der Waals surface area contributed by atoms with Crippen LogP contribution < -0.4 is 5.32 Å². The van der Waals surface area contributed by atoms with E-state index in [0.29, 0.717) is 41.0 Å². The van der Waals surface area contributed by atoms with E-state index in [1.165, 1.54) is 34.3 Å². The zero-order valence-corrected chi connectivity index (χ0v) is 19.6. The summed E-state index contributed by atoms with van der Waals surface area (Å²) in [6.45, 7) is 5.93. The number of hydrogen-bond donors (Lipinski definition) is 1. The fraction of sp³-hybridized carbons (Fsp3) is 0.364. The molecule has 176 valence electrons. The van der Waals surface area contributed by atoms with Crippen LogP contribution in [0.5, 0.6) is 0 Å². The number of carbonyl (C=O) groups is 2. The van der Waals surface area contributed by atoms with Crippen molar-refractivity contribution < 1.29 is 19.2 Å². The minimum atomic E-state index is -0.610. The second-order valence-corrected chi connectivity index (χ2v) is 9.93. The third-order valence-corrected chi connectivity index (χ3v) is 6.34. The summed E-state index contributed by atoms with van der Waals surface area (Å²) in [6, 6.07) is 6.49. The van der Waals surface area contributed by atoms with Gasteiger partial charge in [-0.2, -0.15) is 10.4 Å². The van der Waals surface area contributed by atoms with Crippen molar-refractivity contribution >= 4 is 44.9 Å². The number of nitrogens with zero attached hydrogens (tertiary/aromatic N) is 5. The van der Waals surface area contributed by atoms with Crippen molar-refractivity contribution in [2.24, 2.45) is 0 Å². The Kier molecular flexibility index (Phi) is 5.97. The molecule has 0 saturated heterocycles. The van der Waals surface area contributed by atoms with Crippen LogP contribution in [0.1, 0.15) is 36.8 Å². The van der Waals surface area contributed by atoms with Crippen molar-refractivity contribution in [2.45, 2.75) is 45.9 Å². The van der Waals surface area contributed by atoms with Gasteiger partial charge in [-0.05, 0) is 38.8 Å². The van der Waals surface area contributed by atoms with Crippen molar-refractivity contribution in [1.29, 1.82) is 5.26 Å². The number of anilines is 1. The van der Waals surface area contributed by atoms with Gasteiger partial charge < -0.3 is 15.0 Å². The SMILES string of the molecule is CC(C)(C)OC(=O)N1CCc2c(sc(NC(=O)Cn3ncc4ccc([N+](=O)[O-])cc43)c2C#N)C1. The molecule has 2 amide bonds. The van der Waals surface area contributed by atoms with Gasteiger partial charge in [0.15, 0.2) is 0 Å². The third-order valence-electron chi connectivity index (χ3n) is 5.21. The quantitative estimate of drug-likeness (QED) is 0.440. The fourth-order valence-corrected chi connectivity index (χ4v) is 4.92. The van der Waals surface area contributed by atoms with Crippen molar-refractivity contribution in [1.82, 2.24) is 14.7 Å². The smallest absolute Gasteiger partial charge is 0.410 e. The van der Waals surface area contributed by atoms with E-state index in [1.807, 2.05) is 0 Å². The zero-order valence-electron chi connectivity index (χ0n) is 18.8. The lowest BCUT2D eigenvalue weighted by Gasteiger charge is -2.29. The van der Waals surface area contributed by atoms with Crippen molar-refractivity contribution in [3.8, 4) is 6.07 Å². The second kappa shape index (κ2) is 8.75. The zero-order chi connectivity index (χ0) is 24.6. The molecular weight excluding hydrogens is 460 g/mol. The van der Waals surface area contributed by atoms with Crippen LogP contribution >= 0.6 is 11.3 Å². The average Bonchev–Trinajstić information content (AvgIpc) is 3.31. The van der Waals surface area contributed by atoms with Crippen LogP contribution in [0.3, 0.4) is 0 Å². The molecule has 0 radical (unpaired) electrons. The van der Waals surface area contributed by atoms with Gasteiger partial charge in [-0.25, -0.2) is 4.79 Å². The predicted molar refractivity (Wildman–Crippen MR) is 124 cm³/mol. The number of nitriles is 1. The van der Waals surface area contributed by atoms with Gasteiger partial charge >= 0.3 is 6.09 Å². The van der Waals surface area contributed by atoms with E-state index in [9.17, 15) is 25.0 Å². The fourth-order valence-electron chi connectivity index (χ4n) is 3.69. The Labute approximate surface area is 198 Å². The lowest BCUT2D eigenvalue weighted by Crippen LogP contribution is -2.39. The number of hydrogen-bond acceptors (Lipinski definition) is 8. The Bertz CT molecular complexity index is 1350. The van der Waals surface area contributed by atoms with Gasteiger partial charge in [0.25, 0.3) is 5.69 Å². The Morgan fingerprint density at radius 1 is 1.38 bits per heavy atom. The summed E-state index contributed by atoms with van der Waals surface area (Å²) in [7, 11) is 0. The summed E-state index contributed by atoms with van der Waals surface area (Å²) in [6.07, 6.45) is 1.59. The summed E-state index contributed by atoms with van der Waals surface area (Å²) in [5.41, 5.74) is 0.965. The molecule has 0 spiro atoms. The molecule has 0 atom stereocenters. The van der Waals surface area contributed by atoms with Crippen molar-refractivity contribution in [3.63, 3.8) is 0 Å². The van der Waals surface area contributed by atoms with E-state index in [0.717, 1.165) is 10.4 Å². The van der Waals surface area contributed by atoms with Gasteiger partial charge in [-0.15, -0.1) is 11.3 Å². The number of benzene rings is 1. The largest absolute Gasteiger partial charge is 0.444 e. The topological polar surface area (TPSA) is 143 Å². The molecule has 12 heteroatoms. The number of rotatable bonds is 4. The Hall–Kier alpha value is -3.98. The van der Waals surface area contributed by atoms with E-state index in [4.69, 9.17) is 4.74 Å². The highest BCUT2D eigenvalue weighted by molar-refractivity contribution is 7.16. The number of non-ortho nitro benzene ring substituents is 1. The third kappa shape index (κ3) is 4.69. The number of carbonyl (C=O) groups excluding carboxylic acids is 2. The van der Waals surface area contributed by atoms with Crippen LogP contribution in [0.25, 0.3) is 10.9 Å². The minimum absolute atomic E-state index is 0.0955. The van der Waals surface area contributed by atoms with Crippen molar-refractivity contribution in [2.75, 3.05) is 11.9 Å². The normalized spacial score (nSPS) is 13.3. The number of amides is 2. The van der Waals surface area contributed by atoms with Gasteiger partial charge in [-0.3, -0.25) is 19.6 Å². The molecule has 0 bridgehead atoms. The first-order valence-corrected chi connectivity index (χ1v) is 11.3. The number of aromatic nitrogens is 2. The molecule has 3 heterocycles. The predicted octanol–water partition coefficient (Wildman–Crippen LogP) is 3.81. The Balaban J connectivity index is 1.51. The molecule has 11 nitrogen and oxygen atoms in total. The molecule has 0 unspecified atom stereocenters. The number of nitrogens with one attached hydrogen (secondary N) is 1. The van der Waals surface area contributed by atoms with Crippen LogP contribution in [-0.4, -0.2) is 43.7 Å². The molecule has 0 fully saturated rings. The van der Waals surface area contributed by atoms with E-state index in [-0.39, 0.29) is 12.2 Å². The molecule has 0 aliphatic carbocycles. The van der Waals surface area contributed by atoms with Gasteiger partial charge in [0.05, 0.1) is 28.7 Å². The highest BCUT2D eigenvalue weighted by Crippen LogP contribution is 2.37. The highest BCUT2D eigenvalue weighted by atomic mass is 32.1. The molecule has 1 aliphatic heterocycles. The van der Waals surface area contributed by atoms with Crippen LogP contribution in [0.2, 0.25) is 0 Å². The Morgan fingerprint density at radius 2 is 2.15 bits per heavy atom. The Morgan fingerprint density at radius 3 is 2.82 bits per heavy atom. The summed E-state index contributed by atoms with van der Waals surface area (Å²) in [5.74, 6) is -0.421. The maximum atomic E-state index is 12.8. The number of ether oxygens (including phenoxy) is 1. The molecule has 1 N–H and O–H groups in total. The number of thiophene rings is 1. The van der Waals surface area contributed by atoms with E-state index < -0.39 is 22.5 Å². The average molecular weight is 483 g/mol. The number of fused-ring (bicyclic) bond motifs is 2. The van der Waals surface area contributed by atoms with Crippen LogP contribution in [0.15, 0.2) is 24.4 Å². The van der Waals surface area contributed by atoms with Gasteiger partial charge in [0.1, 0.15) is 23.2 Å². The molecule has 0 saturated carbocycles. The molecule has 4 rings (SSSR count). The van der Waals surface area contributed by atoms with Crippen molar-refractivity contribution in [3.05, 3.63) is 50.5 Å². The molecule has 1 aliphatic rings. The van der Waals surface area contributed by atoms with Crippen LogP contribution in [-0.2, 0) is 29.0 Å². The molecular formula is C22H22N6O5S. The molecule has 34 heavy (non-hydrogen) atoms. The lowest BCUT2D eigenvalue weighted by atomic mass is 10.0. The molecule has 1 aromatic carbocycles. The van der Waals surface area contributed by atoms with Gasteiger partial charge in [-0.1, -0.05) is 0 Å². The van der Waals surface area contributed by atoms with E-state index in [2.05, 4.69) is 16.5 Å². The lowest BCUT2D eigenvalue weighted by molar-refractivity contribution is -0.384. The first-order valence-electron chi connectivity index (χ1n) is 10.5. The molecule has 3 aromatic rings. The van der Waals surface area contributed by atoms with Gasteiger partial charge in [0.2, 0.25) is 5.91 Å². The maximum Gasteiger partial charge on any atom is 0.410 e. The highest BCUT2D eigenvalue weighted by Gasteiger charge is 2.30. The monoisotopic (exact) mass is 482 g/mol. The maximum absolute atomic E-state index is 12.8. The van der Waals surface area contributed by atoms with E-state index >= 15 is 0 Å². The summed E-state index contributed by atoms with van der Waals surface area (Å²) < 4.78 is 6.82. The van der Waals surface area contributed by atoms with Crippen LogP contribution in [0.4, 0.5) is 15.5 Å². The summed E-state index contributed by atoms with van der Waals surface area (Å²) in [5, 5.41) is 28.8. The number of nitro benzene ring substituents is 1. The second-order valence-electron chi connectivity index (χ2n) is 8.82. The first kappa shape index (κ1) is 23.2. The van der Waals surface area contributed by atoms with Gasteiger partial charge in [0, 0.05) is 28.9 Å². The first-order chi connectivity index (χ1) is 16.1. The summed E-state index contributed by atoms with van der Waals surface area (Å²) in [4.78, 5) is 38.2. The standard InChI is InChI=1S/C22H22N6O5S/c1-22(2,3)33-21(30)26-7-6-15-16(9-23)20(34-18(15)11-26)25-19(29)12-27-17-8-14(28(31)32)5-4-13(17)10-24-27/h4-5,8,10H,6-7,11-12H2,1-3H3,(H,25,29). The van der Waals surface area contributed by atoms with E-state index in [1.54, 1.807) is 31.7 Å². The summed E-state index contributed by atoms with van der Waals surface area (Å²) >= 11 is 1.25.